The van der Waals surface area contributed by atoms with Crippen LogP contribution in [-0.4, -0.2) is 26.7 Å². The summed E-state index contributed by atoms with van der Waals surface area (Å²) in [6, 6.07) is 13.2. The van der Waals surface area contributed by atoms with Crippen molar-refractivity contribution in [2.45, 2.75) is 32.7 Å². The summed E-state index contributed by atoms with van der Waals surface area (Å²) in [6.45, 7) is 6.59. The lowest BCUT2D eigenvalue weighted by Gasteiger charge is -2.21. The number of hydrogen-bond acceptors (Lipinski definition) is 2. The molecular weight excluding hydrogens is 456 g/mol. The molecule has 4 nitrogen and oxygen atoms in total. The average Bonchev–Trinajstić information content (AvgIpc) is 2.66. The van der Waals surface area contributed by atoms with Gasteiger partial charge in [0.25, 0.3) is 0 Å². The normalized spacial score (nSPS) is 13.3. The van der Waals surface area contributed by atoms with Gasteiger partial charge in [-0.1, -0.05) is 37.3 Å². The van der Waals surface area contributed by atoms with Gasteiger partial charge in [-0.05, 0) is 42.7 Å². The standard InChI is InChI=1S/C21H28FN3O.HI/c1-14-10-11-17(12-19(14)22)16(3)25-21(23-4)24-13-15(2)18-8-6-7-9-20(18)26-5;/h6-12,15-16H,13H2,1-5H3,(H2,23,24,25);1H. The number of aliphatic imine (C=N–C) groups is 1. The van der Waals surface area contributed by atoms with Crippen molar-refractivity contribution >= 4 is 29.9 Å². The lowest BCUT2D eigenvalue weighted by atomic mass is 10.00. The second-order valence-corrected chi connectivity index (χ2v) is 6.47. The minimum atomic E-state index is -0.191. The predicted molar refractivity (Wildman–Crippen MR) is 121 cm³/mol. The Morgan fingerprint density at radius 1 is 1.19 bits per heavy atom. The molecule has 0 saturated carbocycles. The lowest BCUT2D eigenvalue weighted by molar-refractivity contribution is 0.406. The van der Waals surface area contributed by atoms with Gasteiger partial charge in [-0.25, -0.2) is 4.39 Å². The number of rotatable bonds is 6. The molecule has 148 valence electrons. The first kappa shape index (κ1) is 23.2. The first-order chi connectivity index (χ1) is 12.5. The maximum atomic E-state index is 13.8. The fourth-order valence-electron chi connectivity index (χ4n) is 2.79. The maximum Gasteiger partial charge on any atom is 0.191 e. The van der Waals surface area contributed by atoms with Crippen molar-refractivity contribution in [3.63, 3.8) is 0 Å². The van der Waals surface area contributed by atoms with E-state index in [4.69, 9.17) is 4.74 Å². The molecule has 2 rings (SSSR count). The smallest absolute Gasteiger partial charge is 0.191 e. The van der Waals surface area contributed by atoms with Crippen LogP contribution in [0.2, 0.25) is 0 Å². The second-order valence-electron chi connectivity index (χ2n) is 6.47. The molecule has 0 amide bonds. The number of para-hydroxylation sites is 1. The molecule has 0 aliphatic heterocycles. The topological polar surface area (TPSA) is 45.7 Å². The first-order valence-corrected chi connectivity index (χ1v) is 8.82. The molecule has 0 radical (unpaired) electrons. The van der Waals surface area contributed by atoms with Gasteiger partial charge in [-0.15, -0.1) is 24.0 Å². The number of aryl methyl sites for hydroxylation is 1. The van der Waals surface area contributed by atoms with Crippen molar-refractivity contribution < 1.29 is 9.13 Å². The van der Waals surface area contributed by atoms with E-state index in [2.05, 4.69) is 28.6 Å². The largest absolute Gasteiger partial charge is 0.496 e. The number of methoxy groups -OCH3 is 1. The van der Waals surface area contributed by atoms with Gasteiger partial charge in [0.2, 0.25) is 0 Å². The van der Waals surface area contributed by atoms with Crippen LogP contribution in [0.4, 0.5) is 4.39 Å². The SMILES string of the molecule is CN=C(NCC(C)c1ccccc1OC)NC(C)c1ccc(C)c(F)c1.I. The zero-order chi connectivity index (χ0) is 19.1. The Morgan fingerprint density at radius 3 is 2.52 bits per heavy atom. The van der Waals surface area contributed by atoms with Crippen molar-refractivity contribution in [2.75, 3.05) is 20.7 Å². The highest BCUT2D eigenvalue weighted by atomic mass is 127. The molecule has 2 unspecified atom stereocenters. The number of benzene rings is 2. The van der Waals surface area contributed by atoms with Crippen LogP contribution in [0, 0.1) is 12.7 Å². The Labute approximate surface area is 178 Å². The van der Waals surface area contributed by atoms with Crippen LogP contribution in [0.3, 0.4) is 0 Å². The summed E-state index contributed by atoms with van der Waals surface area (Å²) in [6.07, 6.45) is 0. The Balaban J connectivity index is 0.00000364. The van der Waals surface area contributed by atoms with Crippen LogP contribution in [0.15, 0.2) is 47.5 Å². The Morgan fingerprint density at radius 2 is 1.89 bits per heavy atom. The van der Waals surface area contributed by atoms with Crippen LogP contribution >= 0.6 is 24.0 Å². The highest BCUT2D eigenvalue weighted by Gasteiger charge is 2.13. The summed E-state index contributed by atoms with van der Waals surface area (Å²) in [5.74, 6) is 1.62. The molecule has 0 fully saturated rings. The molecule has 2 N–H and O–H groups in total. The number of hydrogen-bond donors (Lipinski definition) is 2. The summed E-state index contributed by atoms with van der Waals surface area (Å²) in [5, 5.41) is 6.64. The van der Waals surface area contributed by atoms with E-state index in [0.717, 1.165) is 16.9 Å². The van der Waals surface area contributed by atoms with Crippen LogP contribution in [0.1, 0.15) is 42.5 Å². The first-order valence-electron chi connectivity index (χ1n) is 8.82. The zero-order valence-electron chi connectivity index (χ0n) is 16.5. The molecule has 0 aliphatic carbocycles. The fourth-order valence-corrected chi connectivity index (χ4v) is 2.79. The quantitative estimate of drug-likeness (QED) is 0.352. The number of halogens is 2. The Bertz CT molecular complexity index is 767. The molecule has 2 aromatic rings. The van der Waals surface area contributed by atoms with Crippen molar-refractivity contribution in [1.82, 2.24) is 10.6 Å². The molecule has 0 aromatic heterocycles. The predicted octanol–water partition coefficient (Wildman–Crippen LogP) is 4.79. The van der Waals surface area contributed by atoms with Gasteiger partial charge in [-0.2, -0.15) is 0 Å². The highest BCUT2D eigenvalue weighted by Crippen LogP contribution is 2.25. The van der Waals surface area contributed by atoms with E-state index in [1.54, 1.807) is 33.2 Å². The Kier molecular flexibility index (Phi) is 9.55. The van der Waals surface area contributed by atoms with E-state index >= 15 is 0 Å². The van der Waals surface area contributed by atoms with Gasteiger partial charge in [0.05, 0.1) is 13.2 Å². The van der Waals surface area contributed by atoms with E-state index < -0.39 is 0 Å². The summed E-state index contributed by atoms with van der Waals surface area (Å²) in [7, 11) is 3.41. The lowest BCUT2D eigenvalue weighted by Crippen LogP contribution is -2.40. The van der Waals surface area contributed by atoms with E-state index in [1.807, 2.05) is 31.2 Å². The van der Waals surface area contributed by atoms with E-state index in [0.29, 0.717) is 18.1 Å². The van der Waals surface area contributed by atoms with Gasteiger partial charge < -0.3 is 15.4 Å². The Hall–Kier alpha value is -1.83. The van der Waals surface area contributed by atoms with Crippen molar-refractivity contribution in [3.8, 4) is 5.75 Å². The molecule has 2 atom stereocenters. The summed E-state index contributed by atoms with van der Waals surface area (Å²) < 4.78 is 19.2. The number of ether oxygens (including phenoxy) is 1. The number of nitrogens with one attached hydrogen (secondary N) is 2. The number of nitrogens with zero attached hydrogens (tertiary/aromatic N) is 1. The third kappa shape index (κ3) is 6.37. The van der Waals surface area contributed by atoms with Gasteiger partial charge in [0.1, 0.15) is 11.6 Å². The molecule has 0 saturated heterocycles. The monoisotopic (exact) mass is 485 g/mol. The summed E-state index contributed by atoms with van der Waals surface area (Å²) in [5.41, 5.74) is 2.68. The van der Waals surface area contributed by atoms with Gasteiger partial charge in [0, 0.05) is 19.5 Å². The van der Waals surface area contributed by atoms with Crippen LogP contribution in [0.5, 0.6) is 5.75 Å². The molecule has 0 aliphatic rings. The fraction of sp³-hybridized carbons (Fsp3) is 0.381. The van der Waals surface area contributed by atoms with Crippen LogP contribution in [-0.2, 0) is 0 Å². The second kappa shape index (κ2) is 11.1. The van der Waals surface area contributed by atoms with E-state index in [9.17, 15) is 4.39 Å². The molecule has 27 heavy (non-hydrogen) atoms. The maximum absolute atomic E-state index is 13.8. The third-order valence-corrected chi connectivity index (χ3v) is 4.52. The summed E-state index contributed by atoms with van der Waals surface area (Å²) >= 11 is 0. The minimum Gasteiger partial charge on any atom is -0.496 e. The van der Waals surface area contributed by atoms with Crippen molar-refractivity contribution in [2.24, 2.45) is 4.99 Å². The molecule has 0 bridgehead atoms. The molecule has 0 heterocycles. The number of guanidine groups is 1. The molecule has 6 heteroatoms. The van der Waals surface area contributed by atoms with Gasteiger partial charge >= 0.3 is 0 Å². The van der Waals surface area contributed by atoms with Crippen LogP contribution in [0.25, 0.3) is 0 Å². The van der Waals surface area contributed by atoms with Crippen molar-refractivity contribution in [1.29, 1.82) is 0 Å². The zero-order valence-corrected chi connectivity index (χ0v) is 18.9. The molecule has 2 aromatic carbocycles. The third-order valence-electron chi connectivity index (χ3n) is 4.52. The van der Waals surface area contributed by atoms with E-state index in [1.165, 1.54) is 0 Å². The molecule has 0 spiro atoms. The van der Waals surface area contributed by atoms with Crippen molar-refractivity contribution in [3.05, 3.63) is 65.0 Å². The highest BCUT2D eigenvalue weighted by molar-refractivity contribution is 14.0. The molecular formula is C21H29FIN3O. The van der Waals surface area contributed by atoms with Gasteiger partial charge in [-0.3, -0.25) is 4.99 Å². The van der Waals surface area contributed by atoms with E-state index in [-0.39, 0.29) is 41.8 Å². The average molecular weight is 485 g/mol. The minimum absolute atomic E-state index is 0. The summed E-state index contributed by atoms with van der Waals surface area (Å²) in [4.78, 5) is 4.27. The van der Waals surface area contributed by atoms with Crippen LogP contribution < -0.4 is 15.4 Å². The van der Waals surface area contributed by atoms with Gasteiger partial charge in [0.15, 0.2) is 5.96 Å².